The number of nitrogens with zero attached hydrogens (tertiary/aromatic N) is 3. The zero-order chi connectivity index (χ0) is 13.8. The first-order chi connectivity index (χ1) is 9.13. The number of aromatic nitrogens is 2. The Morgan fingerprint density at radius 2 is 2.00 bits per heavy atom. The van der Waals surface area contributed by atoms with Crippen LogP contribution in [0.15, 0.2) is 36.7 Å². The van der Waals surface area contributed by atoms with Gasteiger partial charge in [-0.15, -0.1) is 0 Å². The molecule has 0 saturated carbocycles. The van der Waals surface area contributed by atoms with Gasteiger partial charge in [0.2, 0.25) is 0 Å². The summed E-state index contributed by atoms with van der Waals surface area (Å²) >= 11 is 0. The number of anilines is 2. The Balaban J connectivity index is 2.26. The monoisotopic (exact) mass is 257 g/mol. The first-order valence-electron chi connectivity index (χ1n) is 5.76. The van der Waals surface area contributed by atoms with Gasteiger partial charge in [-0.3, -0.25) is 4.79 Å². The second-order valence-electron chi connectivity index (χ2n) is 4.08. The Kier molecular flexibility index (Phi) is 3.72. The van der Waals surface area contributed by atoms with Crippen LogP contribution >= 0.6 is 0 Å². The van der Waals surface area contributed by atoms with Crippen molar-refractivity contribution >= 4 is 17.4 Å². The topological polar surface area (TPSA) is 84.1 Å². The molecule has 0 spiro atoms. The van der Waals surface area contributed by atoms with E-state index in [4.69, 9.17) is 5.84 Å². The minimum absolute atomic E-state index is 0.217. The number of nitrogens with one attached hydrogen (secondary N) is 1. The van der Waals surface area contributed by atoms with E-state index >= 15 is 0 Å². The molecule has 0 aliphatic rings. The molecule has 0 aliphatic carbocycles. The van der Waals surface area contributed by atoms with E-state index in [1.54, 1.807) is 11.9 Å². The van der Waals surface area contributed by atoms with Gasteiger partial charge in [-0.05, 0) is 18.6 Å². The molecule has 1 amide bonds. The van der Waals surface area contributed by atoms with Gasteiger partial charge >= 0.3 is 0 Å². The van der Waals surface area contributed by atoms with E-state index in [2.05, 4.69) is 15.4 Å². The van der Waals surface area contributed by atoms with Crippen molar-refractivity contribution in [2.45, 2.75) is 6.92 Å². The average Bonchev–Trinajstić information content (AvgIpc) is 2.46. The van der Waals surface area contributed by atoms with Gasteiger partial charge in [0.15, 0.2) is 5.82 Å². The quantitative estimate of drug-likeness (QED) is 0.640. The van der Waals surface area contributed by atoms with Crippen LogP contribution < -0.4 is 16.2 Å². The predicted octanol–water partition coefficient (Wildman–Crippen LogP) is 1.35. The molecule has 0 aliphatic heterocycles. The summed E-state index contributed by atoms with van der Waals surface area (Å²) in [4.78, 5) is 21.8. The number of hydrazine groups is 1. The minimum Gasteiger partial charge on any atom is -0.310 e. The number of hydrogen-bond acceptors (Lipinski definition) is 5. The Labute approximate surface area is 111 Å². The molecule has 6 nitrogen and oxygen atoms in total. The van der Waals surface area contributed by atoms with E-state index in [-0.39, 0.29) is 11.6 Å². The summed E-state index contributed by atoms with van der Waals surface area (Å²) in [5.74, 6) is 5.39. The van der Waals surface area contributed by atoms with Crippen molar-refractivity contribution in [2.75, 3.05) is 17.4 Å². The molecule has 1 heterocycles. The first kappa shape index (κ1) is 13.0. The summed E-state index contributed by atoms with van der Waals surface area (Å²) < 4.78 is 0. The number of benzene rings is 1. The normalized spacial score (nSPS) is 10.1. The van der Waals surface area contributed by atoms with Crippen LogP contribution in [0.1, 0.15) is 16.1 Å². The van der Waals surface area contributed by atoms with Crippen molar-refractivity contribution in [3.05, 3.63) is 47.9 Å². The van der Waals surface area contributed by atoms with Crippen LogP contribution in [-0.2, 0) is 0 Å². The van der Waals surface area contributed by atoms with Gasteiger partial charge < -0.3 is 10.3 Å². The van der Waals surface area contributed by atoms with Crippen molar-refractivity contribution in [1.82, 2.24) is 9.97 Å². The molecule has 98 valence electrons. The Bertz CT molecular complexity index is 582. The minimum atomic E-state index is -0.217. The van der Waals surface area contributed by atoms with Gasteiger partial charge in [0.05, 0.1) is 12.4 Å². The van der Waals surface area contributed by atoms with Gasteiger partial charge in [-0.1, -0.05) is 18.2 Å². The Hall–Kier alpha value is -2.47. The lowest BCUT2D eigenvalue weighted by Crippen LogP contribution is -2.28. The van der Waals surface area contributed by atoms with Crippen LogP contribution in [0.4, 0.5) is 11.5 Å². The van der Waals surface area contributed by atoms with Crippen LogP contribution in [-0.4, -0.2) is 22.9 Å². The second-order valence-corrected chi connectivity index (χ2v) is 4.08. The molecule has 3 N–H and O–H groups in total. The molecule has 0 saturated heterocycles. The summed E-state index contributed by atoms with van der Waals surface area (Å²) in [5.41, 5.74) is 4.50. The Morgan fingerprint density at radius 3 is 2.58 bits per heavy atom. The lowest BCUT2D eigenvalue weighted by atomic mass is 10.2. The van der Waals surface area contributed by atoms with Crippen molar-refractivity contribution in [1.29, 1.82) is 0 Å². The lowest BCUT2D eigenvalue weighted by molar-refractivity contribution is 0.0988. The maximum atomic E-state index is 12.3. The molecule has 2 rings (SSSR count). The van der Waals surface area contributed by atoms with E-state index in [1.165, 1.54) is 12.4 Å². The molecule has 2 aromatic rings. The number of nitrogen functional groups attached to an aromatic ring is 1. The van der Waals surface area contributed by atoms with Crippen molar-refractivity contribution in [2.24, 2.45) is 5.84 Å². The number of rotatable bonds is 3. The highest BCUT2D eigenvalue weighted by Gasteiger charge is 2.16. The number of para-hydroxylation sites is 1. The van der Waals surface area contributed by atoms with Crippen molar-refractivity contribution in [3.63, 3.8) is 0 Å². The van der Waals surface area contributed by atoms with E-state index < -0.39 is 0 Å². The summed E-state index contributed by atoms with van der Waals surface area (Å²) in [7, 11) is 1.71. The van der Waals surface area contributed by atoms with Gasteiger partial charge in [-0.2, -0.15) is 0 Å². The molecule has 1 aromatic heterocycles. The third-order valence-corrected chi connectivity index (χ3v) is 2.80. The van der Waals surface area contributed by atoms with Crippen LogP contribution in [0.3, 0.4) is 0 Å². The van der Waals surface area contributed by atoms with Crippen LogP contribution in [0, 0.1) is 6.92 Å². The third kappa shape index (κ3) is 2.69. The second kappa shape index (κ2) is 5.45. The highest BCUT2D eigenvalue weighted by atomic mass is 16.2. The molecule has 0 atom stereocenters. The number of hydrogen-bond donors (Lipinski definition) is 2. The summed E-state index contributed by atoms with van der Waals surface area (Å²) in [6.45, 7) is 1.95. The van der Waals surface area contributed by atoms with Crippen LogP contribution in [0.2, 0.25) is 0 Å². The van der Waals surface area contributed by atoms with Gasteiger partial charge in [-0.25, -0.2) is 15.8 Å². The zero-order valence-corrected chi connectivity index (χ0v) is 10.8. The van der Waals surface area contributed by atoms with E-state index in [1.807, 2.05) is 31.2 Å². The smallest absolute Gasteiger partial charge is 0.278 e. The maximum absolute atomic E-state index is 12.3. The summed E-state index contributed by atoms with van der Waals surface area (Å²) in [6, 6.07) is 7.65. The van der Waals surface area contributed by atoms with Crippen LogP contribution in [0.5, 0.6) is 0 Å². The van der Waals surface area contributed by atoms with Crippen molar-refractivity contribution < 1.29 is 4.79 Å². The predicted molar refractivity (Wildman–Crippen MR) is 73.8 cm³/mol. The highest BCUT2D eigenvalue weighted by molar-refractivity contribution is 6.04. The average molecular weight is 257 g/mol. The Morgan fingerprint density at radius 1 is 1.26 bits per heavy atom. The molecular formula is C13H15N5O. The fourth-order valence-corrected chi connectivity index (χ4v) is 1.73. The molecule has 0 unspecified atom stereocenters. The van der Waals surface area contributed by atoms with E-state index in [0.717, 1.165) is 11.3 Å². The number of aryl methyl sites for hydroxylation is 1. The molecule has 1 aromatic carbocycles. The zero-order valence-electron chi connectivity index (χ0n) is 10.8. The van der Waals surface area contributed by atoms with Gasteiger partial charge in [0.25, 0.3) is 5.91 Å². The largest absolute Gasteiger partial charge is 0.310 e. The number of carbonyl (C=O) groups excluding carboxylic acids is 1. The van der Waals surface area contributed by atoms with E-state index in [9.17, 15) is 4.79 Å². The van der Waals surface area contributed by atoms with Crippen LogP contribution in [0.25, 0.3) is 0 Å². The molecule has 0 radical (unpaired) electrons. The van der Waals surface area contributed by atoms with E-state index in [0.29, 0.717) is 5.82 Å². The molecular weight excluding hydrogens is 242 g/mol. The number of nitrogens with two attached hydrogens (primary N) is 1. The van der Waals surface area contributed by atoms with Crippen molar-refractivity contribution in [3.8, 4) is 0 Å². The lowest BCUT2D eigenvalue weighted by Gasteiger charge is -2.18. The highest BCUT2D eigenvalue weighted by Crippen LogP contribution is 2.19. The summed E-state index contributed by atoms with van der Waals surface area (Å²) in [6.07, 6.45) is 2.81. The number of carbonyl (C=O) groups is 1. The first-order valence-corrected chi connectivity index (χ1v) is 5.76. The SMILES string of the molecule is Cc1ccccc1N(C)C(=O)c1cnc(NN)cn1. The fourth-order valence-electron chi connectivity index (χ4n) is 1.73. The molecule has 0 bridgehead atoms. The fraction of sp³-hybridized carbons (Fsp3) is 0.154. The number of amides is 1. The van der Waals surface area contributed by atoms with Gasteiger partial charge in [0, 0.05) is 12.7 Å². The molecule has 19 heavy (non-hydrogen) atoms. The summed E-state index contributed by atoms with van der Waals surface area (Å²) in [5, 5.41) is 0. The third-order valence-electron chi connectivity index (χ3n) is 2.80. The maximum Gasteiger partial charge on any atom is 0.278 e. The molecule has 0 fully saturated rings. The standard InChI is InChI=1S/C13H15N5O/c1-9-5-3-4-6-11(9)18(2)13(19)10-7-16-12(17-14)8-15-10/h3-8H,14H2,1-2H3,(H,16,17). The molecule has 6 heteroatoms. The van der Waals surface area contributed by atoms with Gasteiger partial charge in [0.1, 0.15) is 5.69 Å².